The normalized spacial score (nSPS) is 12.8. The van der Waals surface area contributed by atoms with Crippen LogP contribution in [0, 0.1) is 0 Å². The number of anilines is 1. The predicted octanol–water partition coefficient (Wildman–Crippen LogP) is 4.48. The van der Waals surface area contributed by atoms with Crippen molar-refractivity contribution in [3.05, 3.63) is 76.9 Å². The van der Waals surface area contributed by atoms with Gasteiger partial charge in [0.2, 0.25) is 0 Å². The molecule has 7 heteroatoms. The summed E-state index contributed by atoms with van der Waals surface area (Å²) in [6.07, 6.45) is -2.59. The lowest BCUT2D eigenvalue weighted by Gasteiger charge is -2.11. The Hall–Kier alpha value is -3.35. The van der Waals surface area contributed by atoms with E-state index >= 15 is 0 Å². The number of carbonyl (C=O) groups is 2. The fourth-order valence-corrected chi connectivity index (χ4v) is 3.66. The molecule has 0 heterocycles. The Labute approximate surface area is 164 Å². The van der Waals surface area contributed by atoms with E-state index in [1.54, 1.807) is 12.1 Å². The van der Waals surface area contributed by atoms with Crippen molar-refractivity contribution in [2.75, 3.05) is 11.9 Å². The van der Waals surface area contributed by atoms with Crippen LogP contribution in [0.2, 0.25) is 0 Å². The highest BCUT2D eigenvalue weighted by Crippen LogP contribution is 2.33. The largest absolute Gasteiger partial charge is 0.405 e. The van der Waals surface area contributed by atoms with Crippen LogP contribution in [0.15, 0.2) is 54.6 Å². The van der Waals surface area contributed by atoms with Gasteiger partial charge in [-0.3, -0.25) is 9.59 Å². The minimum atomic E-state index is -4.49. The maximum atomic E-state index is 12.8. The summed E-state index contributed by atoms with van der Waals surface area (Å²) in [6.45, 7) is -1.41. The SMILES string of the molecule is O=C(NCC(F)(F)F)c1cccc(NC(=O)c2ccc3c4c(cccc24)CC3)c1. The molecule has 0 aliphatic heterocycles. The fourth-order valence-electron chi connectivity index (χ4n) is 3.66. The van der Waals surface area contributed by atoms with E-state index in [0.717, 1.165) is 23.6 Å². The van der Waals surface area contributed by atoms with Gasteiger partial charge >= 0.3 is 6.18 Å². The zero-order chi connectivity index (χ0) is 20.6. The molecule has 4 nitrogen and oxygen atoms in total. The molecule has 0 saturated carbocycles. The van der Waals surface area contributed by atoms with E-state index < -0.39 is 18.6 Å². The van der Waals surface area contributed by atoms with Gasteiger partial charge in [0, 0.05) is 16.8 Å². The summed E-state index contributed by atoms with van der Waals surface area (Å²) < 4.78 is 36.9. The third-order valence-electron chi connectivity index (χ3n) is 4.95. The summed E-state index contributed by atoms with van der Waals surface area (Å²) in [4.78, 5) is 24.8. The van der Waals surface area contributed by atoms with Crippen molar-refractivity contribution in [1.29, 1.82) is 0 Å². The number of rotatable bonds is 4. The third kappa shape index (κ3) is 3.94. The highest BCUT2D eigenvalue weighted by Gasteiger charge is 2.28. The molecule has 0 fully saturated rings. The number of hydrogen-bond acceptors (Lipinski definition) is 2. The van der Waals surface area contributed by atoms with E-state index in [1.807, 2.05) is 23.5 Å². The van der Waals surface area contributed by atoms with Crippen LogP contribution >= 0.6 is 0 Å². The van der Waals surface area contributed by atoms with Crippen LogP contribution in [0.1, 0.15) is 31.8 Å². The van der Waals surface area contributed by atoms with Crippen LogP contribution in [0.4, 0.5) is 18.9 Å². The lowest BCUT2D eigenvalue weighted by Crippen LogP contribution is -2.33. The molecule has 0 unspecified atom stereocenters. The highest BCUT2D eigenvalue weighted by atomic mass is 19.4. The molecular formula is C22H17F3N2O2. The van der Waals surface area contributed by atoms with Gasteiger partial charge in [-0.25, -0.2) is 0 Å². The van der Waals surface area contributed by atoms with Gasteiger partial charge in [-0.15, -0.1) is 0 Å². The molecule has 29 heavy (non-hydrogen) atoms. The number of hydrogen-bond donors (Lipinski definition) is 2. The lowest BCUT2D eigenvalue weighted by molar-refractivity contribution is -0.123. The number of amides is 2. The van der Waals surface area contributed by atoms with Crippen molar-refractivity contribution >= 4 is 28.3 Å². The minimum Gasteiger partial charge on any atom is -0.343 e. The Bertz CT molecular complexity index is 1110. The summed E-state index contributed by atoms with van der Waals surface area (Å²) in [5.41, 5.74) is 3.32. The molecule has 0 saturated heterocycles. The van der Waals surface area contributed by atoms with Crippen molar-refractivity contribution in [2.24, 2.45) is 0 Å². The number of alkyl halides is 3. The van der Waals surface area contributed by atoms with E-state index in [4.69, 9.17) is 0 Å². The molecule has 3 aromatic rings. The summed E-state index contributed by atoms with van der Waals surface area (Å²) in [5.74, 6) is -1.20. The first-order chi connectivity index (χ1) is 13.8. The molecule has 4 rings (SSSR count). The van der Waals surface area contributed by atoms with E-state index in [-0.39, 0.29) is 11.5 Å². The molecule has 0 aromatic heterocycles. The van der Waals surface area contributed by atoms with Crippen LogP contribution in [-0.4, -0.2) is 24.5 Å². The van der Waals surface area contributed by atoms with Gasteiger partial charge in [0.1, 0.15) is 6.54 Å². The van der Waals surface area contributed by atoms with E-state index in [1.165, 1.54) is 29.3 Å². The van der Waals surface area contributed by atoms with Crippen LogP contribution in [0.3, 0.4) is 0 Å². The second-order valence-corrected chi connectivity index (χ2v) is 6.94. The molecule has 148 valence electrons. The number of aryl methyl sites for hydroxylation is 2. The van der Waals surface area contributed by atoms with Crippen LogP contribution < -0.4 is 10.6 Å². The molecule has 3 aromatic carbocycles. The number of benzene rings is 3. The summed E-state index contributed by atoms with van der Waals surface area (Å²) in [5, 5.41) is 6.54. The van der Waals surface area contributed by atoms with Crippen molar-refractivity contribution in [3.8, 4) is 0 Å². The van der Waals surface area contributed by atoms with Gasteiger partial charge in [-0.1, -0.05) is 30.3 Å². The van der Waals surface area contributed by atoms with Crippen LogP contribution in [0.25, 0.3) is 10.8 Å². The number of halogens is 3. The zero-order valence-corrected chi connectivity index (χ0v) is 15.3. The van der Waals surface area contributed by atoms with E-state index in [2.05, 4.69) is 11.4 Å². The van der Waals surface area contributed by atoms with E-state index in [9.17, 15) is 22.8 Å². The minimum absolute atomic E-state index is 0.0347. The first-order valence-electron chi connectivity index (χ1n) is 9.12. The average molecular weight is 398 g/mol. The molecule has 0 spiro atoms. The van der Waals surface area contributed by atoms with E-state index in [0.29, 0.717) is 11.3 Å². The summed E-state index contributed by atoms with van der Waals surface area (Å²) in [7, 11) is 0. The standard InChI is InChI=1S/C22H17F3N2O2/c23-22(24,25)12-26-20(28)15-4-1-5-16(11-15)27-21(29)18-10-9-14-8-7-13-3-2-6-17(18)19(13)14/h1-6,9-11H,7-8,12H2,(H,26,28)(H,27,29). The number of nitrogens with one attached hydrogen (secondary N) is 2. The lowest BCUT2D eigenvalue weighted by atomic mass is 9.99. The summed E-state index contributed by atoms with van der Waals surface area (Å²) >= 11 is 0. The van der Waals surface area contributed by atoms with Crippen molar-refractivity contribution in [2.45, 2.75) is 19.0 Å². The molecular weight excluding hydrogens is 381 g/mol. The monoisotopic (exact) mass is 398 g/mol. The Kier molecular flexibility index (Phi) is 4.74. The fraction of sp³-hybridized carbons (Fsp3) is 0.182. The average Bonchev–Trinajstić information content (AvgIpc) is 3.11. The zero-order valence-electron chi connectivity index (χ0n) is 15.3. The predicted molar refractivity (Wildman–Crippen MR) is 104 cm³/mol. The van der Waals surface area contributed by atoms with Gasteiger partial charge in [0.05, 0.1) is 0 Å². The van der Waals surface area contributed by atoms with Gasteiger partial charge in [-0.2, -0.15) is 13.2 Å². The Morgan fingerprint density at radius 3 is 2.38 bits per heavy atom. The molecule has 1 aliphatic rings. The molecule has 0 atom stereocenters. The maximum absolute atomic E-state index is 12.8. The van der Waals surface area contributed by atoms with Gasteiger partial charge in [-0.05, 0) is 59.0 Å². The maximum Gasteiger partial charge on any atom is 0.405 e. The molecule has 2 amide bonds. The first kappa shape index (κ1) is 19.0. The van der Waals surface area contributed by atoms with Crippen LogP contribution in [0.5, 0.6) is 0 Å². The molecule has 1 aliphatic carbocycles. The Balaban J connectivity index is 1.56. The Morgan fingerprint density at radius 1 is 0.897 bits per heavy atom. The van der Waals surface area contributed by atoms with Crippen molar-refractivity contribution in [1.82, 2.24) is 5.32 Å². The van der Waals surface area contributed by atoms with Gasteiger partial charge in [0.15, 0.2) is 0 Å². The third-order valence-corrected chi connectivity index (χ3v) is 4.95. The topological polar surface area (TPSA) is 58.2 Å². The quantitative estimate of drug-likeness (QED) is 0.681. The van der Waals surface area contributed by atoms with Gasteiger partial charge < -0.3 is 10.6 Å². The second kappa shape index (κ2) is 7.24. The van der Waals surface area contributed by atoms with Crippen molar-refractivity contribution in [3.63, 3.8) is 0 Å². The van der Waals surface area contributed by atoms with Crippen molar-refractivity contribution < 1.29 is 22.8 Å². The molecule has 0 bridgehead atoms. The first-order valence-corrected chi connectivity index (χ1v) is 9.12. The number of carbonyl (C=O) groups excluding carboxylic acids is 2. The molecule has 2 N–H and O–H groups in total. The summed E-state index contributed by atoms with van der Waals surface area (Å²) in [6, 6.07) is 15.5. The Morgan fingerprint density at radius 2 is 1.62 bits per heavy atom. The second-order valence-electron chi connectivity index (χ2n) is 6.94. The van der Waals surface area contributed by atoms with Gasteiger partial charge in [0.25, 0.3) is 11.8 Å². The molecule has 0 radical (unpaired) electrons. The smallest absolute Gasteiger partial charge is 0.343 e. The highest BCUT2D eigenvalue weighted by molar-refractivity contribution is 6.14. The van der Waals surface area contributed by atoms with Crippen LogP contribution in [-0.2, 0) is 12.8 Å².